The molecule has 1 N–H and O–H groups in total. The SMILES string of the molecule is COc1ccc(-n2c(SCCCC(=O)NC(c3ccccc3)c3ccccc3)nnc2-c2cccc(OC)c2)cc1. The van der Waals surface area contributed by atoms with Crippen molar-refractivity contribution in [2.24, 2.45) is 0 Å². The average Bonchev–Trinajstić information content (AvgIpc) is 3.46. The molecule has 7 nitrogen and oxygen atoms in total. The fraction of sp³-hybridized carbons (Fsp3) is 0.182. The van der Waals surface area contributed by atoms with Crippen LogP contribution in [0.1, 0.15) is 30.0 Å². The number of carbonyl (C=O) groups excluding carboxylic acids is 1. The van der Waals surface area contributed by atoms with Gasteiger partial charge in [0.1, 0.15) is 11.5 Å². The molecule has 208 valence electrons. The fourth-order valence-corrected chi connectivity index (χ4v) is 5.45. The van der Waals surface area contributed by atoms with Gasteiger partial charge in [-0.25, -0.2) is 0 Å². The van der Waals surface area contributed by atoms with Crippen LogP contribution in [0.15, 0.2) is 114 Å². The lowest BCUT2D eigenvalue weighted by Crippen LogP contribution is -2.29. The molecule has 0 atom stereocenters. The van der Waals surface area contributed by atoms with E-state index in [1.807, 2.05) is 114 Å². The van der Waals surface area contributed by atoms with Crippen molar-refractivity contribution in [2.45, 2.75) is 24.0 Å². The van der Waals surface area contributed by atoms with Gasteiger partial charge < -0.3 is 14.8 Å². The standard InChI is InChI=1S/C33H32N4O3S/c1-39-28-20-18-27(19-21-28)37-32(26-15-9-16-29(23-26)40-2)35-36-33(37)41-22-10-17-30(38)34-31(24-11-5-3-6-12-24)25-13-7-4-8-14-25/h3-9,11-16,18-21,23,31H,10,17,22H2,1-2H3,(H,34,38). The van der Waals surface area contributed by atoms with Gasteiger partial charge in [0.05, 0.1) is 20.3 Å². The Morgan fingerprint density at radius 2 is 1.46 bits per heavy atom. The van der Waals surface area contributed by atoms with Gasteiger partial charge in [-0.15, -0.1) is 10.2 Å². The average molecular weight is 565 g/mol. The van der Waals surface area contributed by atoms with E-state index in [4.69, 9.17) is 9.47 Å². The molecule has 0 fully saturated rings. The maximum atomic E-state index is 13.0. The molecule has 0 unspecified atom stereocenters. The molecule has 0 bridgehead atoms. The van der Waals surface area contributed by atoms with Gasteiger partial charge in [0.15, 0.2) is 11.0 Å². The number of nitrogens with zero attached hydrogens (tertiary/aromatic N) is 3. The molecule has 0 radical (unpaired) electrons. The van der Waals surface area contributed by atoms with Crippen molar-refractivity contribution >= 4 is 17.7 Å². The highest BCUT2D eigenvalue weighted by atomic mass is 32.2. The van der Waals surface area contributed by atoms with Gasteiger partial charge in [-0.2, -0.15) is 0 Å². The van der Waals surface area contributed by atoms with Gasteiger partial charge in [0, 0.05) is 23.4 Å². The number of amides is 1. The summed E-state index contributed by atoms with van der Waals surface area (Å²) in [5, 5.41) is 13.0. The minimum atomic E-state index is -0.193. The molecule has 0 aliphatic heterocycles. The zero-order valence-electron chi connectivity index (χ0n) is 23.1. The number of hydrogen-bond donors (Lipinski definition) is 1. The highest BCUT2D eigenvalue weighted by Crippen LogP contribution is 2.31. The van der Waals surface area contributed by atoms with E-state index in [9.17, 15) is 4.79 Å². The molecule has 0 saturated carbocycles. The molecular formula is C33H32N4O3S. The molecule has 5 aromatic rings. The maximum Gasteiger partial charge on any atom is 0.220 e. The summed E-state index contributed by atoms with van der Waals surface area (Å²) in [6.07, 6.45) is 1.10. The molecule has 1 amide bonds. The van der Waals surface area contributed by atoms with E-state index in [2.05, 4.69) is 15.5 Å². The quantitative estimate of drug-likeness (QED) is 0.134. The normalized spacial score (nSPS) is 10.9. The molecule has 4 aromatic carbocycles. The smallest absolute Gasteiger partial charge is 0.220 e. The Morgan fingerprint density at radius 3 is 2.10 bits per heavy atom. The molecule has 1 heterocycles. The van der Waals surface area contributed by atoms with Gasteiger partial charge in [-0.05, 0) is 53.9 Å². The van der Waals surface area contributed by atoms with Crippen LogP contribution in [0.2, 0.25) is 0 Å². The van der Waals surface area contributed by atoms with Gasteiger partial charge in [-0.3, -0.25) is 9.36 Å². The van der Waals surface area contributed by atoms with E-state index in [0.29, 0.717) is 24.4 Å². The van der Waals surface area contributed by atoms with Gasteiger partial charge in [0.25, 0.3) is 0 Å². The van der Waals surface area contributed by atoms with Gasteiger partial charge in [0.2, 0.25) is 5.91 Å². The first-order chi connectivity index (χ1) is 20.2. The lowest BCUT2D eigenvalue weighted by atomic mass is 9.98. The first-order valence-electron chi connectivity index (χ1n) is 13.4. The van der Waals surface area contributed by atoms with E-state index in [0.717, 1.165) is 39.0 Å². The molecule has 1 aromatic heterocycles. The van der Waals surface area contributed by atoms with E-state index in [-0.39, 0.29) is 11.9 Å². The summed E-state index contributed by atoms with van der Waals surface area (Å²) in [4.78, 5) is 13.0. The Morgan fingerprint density at radius 1 is 0.805 bits per heavy atom. The zero-order chi connectivity index (χ0) is 28.4. The van der Waals surface area contributed by atoms with Gasteiger partial charge >= 0.3 is 0 Å². The second-order valence-electron chi connectivity index (χ2n) is 9.35. The second kappa shape index (κ2) is 13.7. The third kappa shape index (κ3) is 6.96. The van der Waals surface area contributed by atoms with Crippen molar-refractivity contribution in [1.29, 1.82) is 0 Å². The first-order valence-corrected chi connectivity index (χ1v) is 14.4. The summed E-state index contributed by atoms with van der Waals surface area (Å²) < 4.78 is 12.8. The highest BCUT2D eigenvalue weighted by Gasteiger charge is 2.19. The molecule has 0 saturated heterocycles. The van der Waals surface area contributed by atoms with E-state index in [1.165, 1.54) is 0 Å². The minimum Gasteiger partial charge on any atom is -0.497 e. The molecule has 0 aliphatic carbocycles. The second-order valence-corrected chi connectivity index (χ2v) is 10.4. The maximum absolute atomic E-state index is 13.0. The Labute approximate surface area is 244 Å². The monoisotopic (exact) mass is 564 g/mol. The van der Waals surface area contributed by atoms with Gasteiger partial charge in [-0.1, -0.05) is 84.6 Å². The molecule has 8 heteroatoms. The molecule has 41 heavy (non-hydrogen) atoms. The lowest BCUT2D eigenvalue weighted by molar-refractivity contribution is -0.121. The summed E-state index contributed by atoms with van der Waals surface area (Å²) in [6, 6.07) is 35.5. The Kier molecular flexibility index (Phi) is 9.34. The number of nitrogens with one attached hydrogen (secondary N) is 1. The van der Waals surface area contributed by atoms with Crippen LogP contribution < -0.4 is 14.8 Å². The van der Waals surface area contributed by atoms with E-state index in [1.54, 1.807) is 26.0 Å². The van der Waals surface area contributed by atoms with Crippen LogP contribution in [-0.4, -0.2) is 40.6 Å². The van der Waals surface area contributed by atoms with Crippen LogP contribution in [0.4, 0.5) is 0 Å². The van der Waals surface area contributed by atoms with Crippen LogP contribution in [0, 0.1) is 0 Å². The van der Waals surface area contributed by atoms with Crippen LogP contribution in [0.25, 0.3) is 17.1 Å². The van der Waals surface area contributed by atoms with Crippen molar-refractivity contribution in [1.82, 2.24) is 20.1 Å². The van der Waals surface area contributed by atoms with Crippen molar-refractivity contribution in [3.8, 4) is 28.6 Å². The first kappa shape index (κ1) is 28.0. The summed E-state index contributed by atoms with van der Waals surface area (Å²) >= 11 is 1.58. The summed E-state index contributed by atoms with van der Waals surface area (Å²) in [5.41, 5.74) is 3.92. The van der Waals surface area contributed by atoms with Crippen molar-refractivity contribution in [3.05, 3.63) is 120 Å². The van der Waals surface area contributed by atoms with Crippen molar-refractivity contribution in [3.63, 3.8) is 0 Å². The number of methoxy groups -OCH3 is 2. The Balaban J connectivity index is 1.28. The van der Waals surface area contributed by atoms with Crippen LogP contribution in [0.3, 0.4) is 0 Å². The fourth-order valence-electron chi connectivity index (χ4n) is 4.56. The number of carbonyl (C=O) groups is 1. The number of thioether (sulfide) groups is 1. The number of ether oxygens (including phenoxy) is 2. The Bertz CT molecular complexity index is 1520. The molecule has 5 rings (SSSR count). The minimum absolute atomic E-state index is 0.0111. The third-order valence-corrected chi connectivity index (χ3v) is 7.66. The molecular weight excluding hydrogens is 532 g/mol. The predicted molar refractivity (Wildman–Crippen MR) is 163 cm³/mol. The lowest BCUT2D eigenvalue weighted by Gasteiger charge is -2.20. The van der Waals surface area contributed by atoms with E-state index < -0.39 is 0 Å². The summed E-state index contributed by atoms with van der Waals surface area (Å²) in [5.74, 6) is 2.95. The number of hydrogen-bond acceptors (Lipinski definition) is 6. The van der Waals surface area contributed by atoms with Crippen molar-refractivity contribution < 1.29 is 14.3 Å². The number of benzene rings is 4. The third-order valence-electron chi connectivity index (χ3n) is 6.64. The Hall–Kier alpha value is -4.56. The van der Waals surface area contributed by atoms with E-state index >= 15 is 0 Å². The zero-order valence-corrected chi connectivity index (χ0v) is 23.9. The summed E-state index contributed by atoms with van der Waals surface area (Å²) in [7, 11) is 3.29. The van der Waals surface area contributed by atoms with Crippen LogP contribution >= 0.6 is 11.8 Å². The van der Waals surface area contributed by atoms with Crippen LogP contribution in [0.5, 0.6) is 11.5 Å². The summed E-state index contributed by atoms with van der Waals surface area (Å²) in [6.45, 7) is 0. The molecule has 0 spiro atoms. The highest BCUT2D eigenvalue weighted by molar-refractivity contribution is 7.99. The predicted octanol–water partition coefficient (Wildman–Crippen LogP) is 6.73. The number of rotatable bonds is 12. The van der Waals surface area contributed by atoms with Crippen molar-refractivity contribution in [2.75, 3.05) is 20.0 Å². The topological polar surface area (TPSA) is 78.3 Å². The number of aromatic nitrogens is 3. The van der Waals surface area contributed by atoms with Crippen LogP contribution in [-0.2, 0) is 4.79 Å². The molecule has 0 aliphatic rings. The largest absolute Gasteiger partial charge is 0.497 e.